The summed E-state index contributed by atoms with van der Waals surface area (Å²) in [5, 5.41) is 2.44. The molecule has 0 N–H and O–H groups in total. The number of aromatic nitrogens is 5. The fraction of sp³-hybridized carbons (Fsp3) is 0.0714. The third-order valence-corrected chi connectivity index (χ3v) is 12.4. The summed E-state index contributed by atoms with van der Waals surface area (Å²) in [4.78, 5) is 20.6. The van der Waals surface area contributed by atoms with Crippen molar-refractivity contribution in [1.82, 2.24) is 24.1 Å². The van der Waals surface area contributed by atoms with E-state index in [0.717, 1.165) is 53.7 Å². The molecule has 0 spiro atoms. The van der Waals surface area contributed by atoms with Gasteiger partial charge in [-0.3, -0.25) is 4.99 Å². The summed E-state index contributed by atoms with van der Waals surface area (Å²) in [5.74, 6) is 1.95. The van der Waals surface area contributed by atoms with Gasteiger partial charge in [-0.05, 0) is 73.2 Å². The van der Waals surface area contributed by atoms with E-state index in [0.29, 0.717) is 17.5 Å². The second-order valence-corrected chi connectivity index (χ2v) is 16.1. The Morgan fingerprint density at radius 2 is 0.952 bits per heavy atom. The maximum absolute atomic E-state index is 5.60. The van der Waals surface area contributed by atoms with Crippen LogP contribution in [0.4, 0.5) is 5.69 Å². The Balaban J connectivity index is 0.969. The van der Waals surface area contributed by atoms with E-state index in [1.165, 1.54) is 66.9 Å². The number of aliphatic imine (C=N–C) groups is 1. The minimum Gasteiger partial charge on any atom is -0.313 e. The Kier molecular flexibility index (Phi) is 8.66. The molecule has 2 aliphatic rings. The SMILES string of the molecule is C1=C(C2=Nc3c(n(-c4ccccc4)c4c(-c5ccccc5)cccc34)CC2)CCc2c1c1ccccc1n2-c1cccc(-c2nc(-c3ccccc3)nc(-c3ccccc3)n2)c1. The number of benzene rings is 7. The van der Waals surface area contributed by atoms with E-state index in [-0.39, 0.29) is 0 Å². The summed E-state index contributed by atoms with van der Waals surface area (Å²) in [7, 11) is 0. The molecule has 0 amide bonds. The van der Waals surface area contributed by atoms with Gasteiger partial charge < -0.3 is 9.13 Å². The van der Waals surface area contributed by atoms with Crippen molar-refractivity contribution >= 4 is 39.3 Å². The Hall–Kier alpha value is -7.96. The average Bonchev–Trinajstić information content (AvgIpc) is 3.87. The third kappa shape index (κ3) is 6.10. The van der Waals surface area contributed by atoms with Gasteiger partial charge in [0, 0.05) is 61.4 Å². The molecular weight excluding hydrogens is 757 g/mol. The Morgan fingerprint density at radius 1 is 0.403 bits per heavy atom. The Morgan fingerprint density at radius 3 is 1.66 bits per heavy atom. The molecule has 0 atom stereocenters. The lowest BCUT2D eigenvalue weighted by molar-refractivity contribution is 0.857. The molecule has 294 valence electrons. The van der Waals surface area contributed by atoms with Crippen LogP contribution in [0.5, 0.6) is 0 Å². The lowest BCUT2D eigenvalue weighted by Gasteiger charge is -2.22. The van der Waals surface area contributed by atoms with Gasteiger partial charge in [-0.25, -0.2) is 15.0 Å². The summed E-state index contributed by atoms with van der Waals surface area (Å²) in [5.41, 5.74) is 17.4. The molecule has 0 saturated heterocycles. The van der Waals surface area contributed by atoms with E-state index in [9.17, 15) is 0 Å². The number of para-hydroxylation sites is 3. The van der Waals surface area contributed by atoms with E-state index < -0.39 is 0 Å². The first-order valence-corrected chi connectivity index (χ1v) is 21.4. The number of fused-ring (bicyclic) bond motifs is 6. The number of rotatable bonds is 7. The van der Waals surface area contributed by atoms with E-state index in [4.69, 9.17) is 19.9 Å². The van der Waals surface area contributed by atoms with Gasteiger partial charge in [0.15, 0.2) is 17.5 Å². The number of hydrogen-bond acceptors (Lipinski definition) is 4. The van der Waals surface area contributed by atoms with Crippen LogP contribution < -0.4 is 0 Å². The van der Waals surface area contributed by atoms with Crippen molar-refractivity contribution < 1.29 is 0 Å². The van der Waals surface area contributed by atoms with Crippen molar-refractivity contribution in [2.75, 3.05) is 0 Å². The lowest BCUT2D eigenvalue weighted by atomic mass is 9.90. The molecule has 0 fully saturated rings. The second kappa shape index (κ2) is 14.9. The average molecular weight is 797 g/mol. The highest BCUT2D eigenvalue weighted by atomic mass is 15.0. The molecule has 1 aliphatic carbocycles. The summed E-state index contributed by atoms with van der Waals surface area (Å²) in [6, 6.07) is 65.9. The summed E-state index contributed by atoms with van der Waals surface area (Å²) < 4.78 is 4.91. The standard InChI is InChI=1S/C56H40N6/c1-5-17-37(18-6-1)44-28-16-29-46-52-51(62(53(44)46)42-24-11-4-12-25-42)34-32-48(57-52)40-31-33-50-47(36-40)45-27-13-14-30-49(45)61(50)43-26-15-23-41(35-43)56-59-54(38-19-7-2-8-20-38)58-55(60-56)39-21-9-3-10-22-39/h1-30,35-36H,31-34H2. The summed E-state index contributed by atoms with van der Waals surface area (Å²) in [6.07, 6.45) is 6.05. The van der Waals surface area contributed by atoms with Gasteiger partial charge in [0.2, 0.25) is 0 Å². The lowest BCUT2D eigenvalue weighted by Crippen LogP contribution is -2.14. The van der Waals surface area contributed by atoms with Crippen LogP contribution in [0.2, 0.25) is 0 Å². The Labute approximate surface area is 359 Å². The zero-order valence-electron chi connectivity index (χ0n) is 34.0. The maximum atomic E-state index is 5.60. The molecule has 1 aliphatic heterocycles. The van der Waals surface area contributed by atoms with Crippen molar-refractivity contribution in [2.24, 2.45) is 4.99 Å². The van der Waals surface area contributed by atoms with E-state index in [1.54, 1.807) is 0 Å². The van der Waals surface area contributed by atoms with Crippen LogP contribution in [0.15, 0.2) is 199 Å². The highest BCUT2D eigenvalue weighted by Crippen LogP contribution is 2.45. The van der Waals surface area contributed by atoms with Gasteiger partial charge in [0.25, 0.3) is 0 Å². The minimum absolute atomic E-state index is 0.645. The van der Waals surface area contributed by atoms with Gasteiger partial charge >= 0.3 is 0 Å². The van der Waals surface area contributed by atoms with Gasteiger partial charge in [0.1, 0.15) is 0 Å². The molecule has 3 aromatic heterocycles. The molecule has 0 radical (unpaired) electrons. The molecule has 4 heterocycles. The van der Waals surface area contributed by atoms with Crippen molar-refractivity contribution in [1.29, 1.82) is 0 Å². The first-order chi connectivity index (χ1) is 30.7. The fourth-order valence-electron chi connectivity index (χ4n) is 9.57. The minimum atomic E-state index is 0.645. The molecule has 0 saturated carbocycles. The van der Waals surface area contributed by atoms with Crippen LogP contribution >= 0.6 is 0 Å². The number of allylic oxidation sites excluding steroid dienone is 1. The van der Waals surface area contributed by atoms with Crippen molar-refractivity contribution in [3.05, 3.63) is 211 Å². The van der Waals surface area contributed by atoms with Crippen LogP contribution in [0, 0.1) is 0 Å². The van der Waals surface area contributed by atoms with Crippen LogP contribution in [0.1, 0.15) is 29.8 Å². The summed E-state index contributed by atoms with van der Waals surface area (Å²) >= 11 is 0. The quantitative estimate of drug-likeness (QED) is 0.161. The van der Waals surface area contributed by atoms with Crippen LogP contribution in [0.25, 0.3) is 84.5 Å². The van der Waals surface area contributed by atoms with Gasteiger partial charge in [-0.2, -0.15) is 0 Å². The molecule has 12 rings (SSSR count). The van der Waals surface area contributed by atoms with E-state index in [2.05, 4.69) is 143 Å². The molecule has 62 heavy (non-hydrogen) atoms. The van der Waals surface area contributed by atoms with Gasteiger partial charge in [-0.15, -0.1) is 0 Å². The van der Waals surface area contributed by atoms with Crippen molar-refractivity contribution in [2.45, 2.75) is 25.7 Å². The van der Waals surface area contributed by atoms with Gasteiger partial charge in [-0.1, -0.05) is 158 Å². The monoisotopic (exact) mass is 796 g/mol. The second-order valence-electron chi connectivity index (χ2n) is 16.1. The van der Waals surface area contributed by atoms with Crippen LogP contribution in [0.3, 0.4) is 0 Å². The first kappa shape index (κ1) is 35.9. The molecule has 0 unspecified atom stereocenters. The summed E-state index contributed by atoms with van der Waals surface area (Å²) in [6.45, 7) is 0. The number of nitrogens with zero attached hydrogens (tertiary/aromatic N) is 6. The Bertz CT molecular complexity index is 3320. The molecule has 10 aromatic rings. The largest absolute Gasteiger partial charge is 0.313 e. The maximum Gasteiger partial charge on any atom is 0.164 e. The van der Waals surface area contributed by atoms with Crippen LogP contribution in [-0.2, 0) is 12.8 Å². The van der Waals surface area contributed by atoms with E-state index >= 15 is 0 Å². The number of hydrogen-bond donors (Lipinski definition) is 0. The normalized spacial score (nSPS) is 13.4. The molecule has 6 nitrogen and oxygen atoms in total. The smallest absolute Gasteiger partial charge is 0.164 e. The molecular formula is C56H40N6. The highest BCUT2D eigenvalue weighted by molar-refractivity contribution is 6.12. The van der Waals surface area contributed by atoms with Gasteiger partial charge in [0.05, 0.1) is 22.4 Å². The highest BCUT2D eigenvalue weighted by Gasteiger charge is 2.28. The predicted octanol–water partition coefficient (Wildman–Crippen LogP) is 13.5. The molecule has 0 bridgehead atoms. The van der Waals surface area contributed by atoms with E-state index in [1.807, 2.05) is 60.7 Å². The third-order valence-electron chi connectivity index (χ3n) is 12.4. The topological polar surface area (TPSA) is 60.9 Å². The fourth-order valence-corrected chi connectivity index (χ4v) is 9.57. The van der Waals surface area contributed by atoms with Crippen molar-refractivity contribution in [3.8, 4) is 56.7 Å². The molecule has 6 heteroatoms. The van der Waals surface area contributed by atoms with Crippen LogP contribution in [-0.4, -0.2) is 29.8 Å². The van der Waals surface area contributed by atoms with Crippen molar-refractivity contribution in [3.63, 3.8) is 0 Å². The zero-order valence-corrected chi connectivity index (χ0v) is 34.0. The first-order valence-electron chi connectivity index (χ1n) is 21.4. The predicted molar refractivity (Wildman–Crippen MR) is 253 cm³/mol. The molecule has 7 aromatic carbocycles. The zero-order chi connectivity index (χ0) is 41.0.